The molecule has 0 bridgehead atoms. The van der Waals surface area contributed by atoms with Gasteiger partial charge in [0.05, 0.1) is 6.10 Å². The summed E-state index contributed by atoms with van der Waals surface area (Å²) in [4.78, 5) is 4.08. The van der Waals surface area contributed by atoms with E-state index in [4.69, 9.17) is 0 Å². The number of aliphatic hydroxyl groups is 1. The second kappa shape index (κ2) is 5.25. The molecule has 0 aromatic carbocycles. The van der Waals surface area contributed by atoms with Crippen molar-refractivity contribution in [1.29, 1.82) is 0 Å². The van der Waals surface area contributed by atoms with Crippen LogP contribution in [0.1, 0.15) is 31.4 Å². The highest BCUT2D eigenvalue weighted by Crippen LogP contribution is 2.26. The lowest BCUT2D eigenvalue weighted by molar-refractivity contribution is 0.101. The standard InChI is InChI=1S/C12H17BrN2O/c1-8-2-3-15-11(4-8)12(16)9-5-10(13)7-14-6-9/h5-8,11-12,15-16H,2-4H2,1H3. The summed E-state index contributed by atoms with van der Waals surface area (Å²) in [5.74, 6) is 0.681. The van der Waals surface area contributed by atoms with Crippen LogP contribution in [0.2, 0.25) is 0 Å². The molecule has 0 radical (unpaired) electrons. The second-order valence-corrected chi connectivity index (χ2v) is 5.49. The molecule has 0 saturated carbocycles. The maximum Gasteiger partial charge on any atom is 0.0958 e. The van der Waals surface area contributed by atoms with Gasteiger partial charge in [-0.2, -0.15) is 0 Å². The molecule has 1 aromatic heterocycles. The summed E-state index contributed by atoms with van der Waals surface area (Å²) in [5, 5.41) is 13.6. The number of aromatic nitrogens is 1. The first-order valence-electron chi connectivity index (χ1n) is 5.68. The molecular weight excluding hydrogens is 268 g/mol. The number of halogens is 1. The Morgan fingerprint density at radius 2 is 2.38 bits per heavy atom. The van der Waals surface area contributed by atoms with Crippen LogP contribution in [-0.2, 0) is 0 Å². The summed E-state index contributed by atoms with van der Waals surface area (Å²) in [7, 11) is 0. The number of rotatable bonds is 2. The Kier molecular flexibility index (Phi) is 3.95. The highest BCUT2D eigenvalue weighted by molar-refractivity contribution is 9.10. The van der Waals surface area contributed by atoms with Gasteiger partial charge in [-0.1, -0.05) is 6.92 Å². The Balaban J connectivity index is 2.09. The van der Waals surface area contributed by atoms with Crippen LogP contribution in [-0.4, -0.2) is 22.7 Å². The minimum atomic E-state index is -0.465. The number of piperidine rings is 1. The summed E-state index contributed by atoms with van der Waals surface area (Å²) >= 11 is 3.37. The maximum absolute atomic E-state index is 10.3. The summed E-state index contributed by atoms with van der Waals surface area (Å²) in [6.07, 6.45) is 5.21. The van der Waals surface area contributed by atoms with Crippen molar-refractivity contribution >= 4 is 15.9 Å². The fourth-order valence-electron chi connectivity index (χ4n) is 2.21. The normalized spacial score (nSPS) is 27.7. The van der Waals surface area contributed by atoms with E-state index in [1.54, 1.807) is 12.4 Å². The predicted molar refractivity (Wildman–Crippen MR) is 67.1 cm³/mol. The summed E-state index contributed by atoms with van der Waals surface area (Å²) < 4.78 is 0.910. The Morgan fingerprint density at radius 3 is 3.06 bits per heavy atom. The van der Waals surface area contributed by atoms with Gasteiger partial charge in [0.1, 0.15) is 0 Å². The zero-order chi connectivity index (χ0) is 11.5. The number of hydrogen-bond acceptors (Lipinski definition) is 3. The number of nitrogens with one attached hydrogen (secondary N) is 1. The topological polar surface area (TPSA) is 45.1 Å². The molecule has 3 atom stereocenters. The first-order valence-corrected chi connectivity index (χ1v) is 6.48. The van der Waals surface area contributed by atoms with E-state index in [-0.39, 0.29) is 6.04 Å². The molecule has 88 valence electrons. The van der Waals surface area contributed by atoms with E-state index < -0.39 is 6.10 Å². The van der Waals surface area contributed by atoms with E-state index in [0.717, 1.165) is 23.0 Å². The zero-order valence-corrected chi connectivity index (χ0v) is 10.9. The Hall–Kier alpha value is -0.450. The molecule has 1 aromatic rings. The molecule has 1 fully saturated rings. The Morgan fingerprint density at radius 1 is 1.56 bits per heavy atom. The molecule has 0 amide bonds. The predicted octanol–water partition coefficient (Wildman–Crippen LogP) is 2.27. The van der Waals surface area contributed by atoms with E-state index in [2.05, 4.69) is 33.2 Å². The lowest BCUT2D eigenvalue weighted by Gasteiger charge is -2.31. The summed E-state index contributed by atoms with van der Waals surface area (Å²) in [5.41, 5.74) is 0.876. The van der Waals surface area contributed by atoms with Gasteiger partial charge in [0.2, 0.25) is 0 Å². The molecule has 2 rings (SSSR count). The van der Waals surface area contributed by atoms with Crippen molar-refractivity contribution in [3.8, 4) is 0 Å². The van der Waals surface area contributed by atoms with E-state index >= 15 is 0 Å². The highest BCUT2D eigenvalue weighted by atomic mass is 79.9. The average molecular weight is 285 g/mol. The van der Waals surface area contributed by atoms with Gasteiger partial charge >= 0.3 is 0 Å². The quantitative estimate of drug-likeness (QED) is 0.876. The number of pyridine rings is 1. The van der Waals surface area contributed by atoms with Crippen LogP contribution in [0.15, 0.2) is 22.9 Å². The van der Waals surface area contributed by atoms with Gasteiger partial charge < -0.3 is 10.4 Å². The van der Waals surface area contributed by atoms with Crippen LogP contribution in [0.5, 0.6) is 0 Å². The van der Waals surface area contributed by atoms with Crippen LogP contribution in [0.3, 0.4) is 0 Å². The van der Waals surface area contributed by atoms with Crippen molar-refractivity contribution in [1.82, 2.24) is 10.3 Å². The third-order valence-electron chi connectivity index (χ3n) is 3.15. The summed E-state index contributed by atoms with van der Waals surface area (Å²) in [6, 6.07) is 2.08. The minimum Gasteiger partial charge on any atom is -0.387 e. The summed E-state index contributed by atoms with van der Waals surface area (Å²) in [6.45, 7) is 3.23. The first kappa shape index (κ1) is 12.0. The van der Waals surface area contributed by atoms with Gasteiger partial charge in [0.15, 0.2) is 0 Å². The number of nitrogens with zero attached hydrogens (tertiary/aromatic N) is 1. The monoisotopic (exact) mass is 284 g/mol. The molecule has 2 heterocycles. The lowest BCUT2D eigenvalue weighted by atomic mass is 9.89. The zero-order valence-electron chi connectivity index (χ0n) is 9.36. The van der Waals surface area contributed by atoms with Crippen LogP contribution in [0.25, 0.3) is 0 Å². The molecule has 2 N–H and O–H groups in total. The molecular formula is C12H17BrN2O. The van der Waals surface area contributed by atoms with E-state index in [1.807, 2.05) is 6.07 Å². The molecule has 16 heavy (non-hydrogen) atoms. The molecule has 4 heteroatoms. The SMILES string of the molecule is CC1CCNC(C(O)c2cncc(Br)c2)C1. The second-order valence-electron chi connectivity index (χ2n) is 4.57. The van der Waals surface area contributed by atoms with E-state index in [0.29, 0.717) is 5.92 Å². The first-order chi connectivity index (χ1) is 7.66. The van der Waals surface area contributed by atoms with Gasteiger partial charge in [-0.3, -0.25) is 4.98 Å². The minimum absolute atomic E-state index is 0.153. The number of aliphatic hydroxyl groups excluding tert-OH is 1. The van der Waals surface area contributed by atoms with Crippen molar-refractivity contribution in [3.05, 3.63) is 28.5 Å². The molecule has 0 aliphatic carbocycles. The molecule has 3 unspecified atom stereocenters. The van der Waals surface area contributed by atoms with Crippen LogP contribution < -0.4 is 5.32 Å². The Bertz CT molecular complexity index is 359. The fourth-order valence-corrected chi connectivity index (χ4v) is 2.60. The van der Waals surface area contributed by atoms with Gasteiger partial charge in [0.25, 0.3) is 0 Å². The van der Waals surface area contributed by atoms with Gasteiger partial charge in [0, 0.05) is 28.5 Å². The third kappa shape index (κ3) is 2.81. The van der Waals surface area contributed by atoms with Crippen LogP contribution >= 0.6 is 15.9 Å². The van der Waals surface area contributed by atoms with Gasteiger partial charge in [-0.05, 0) is 47.3 Å². The average Bonchev–Trinajstić information content (AvgIpc) is 2.28. The molecule has 1 saturated heterocycles. The lowest BCUT2D eigenvalue weighted by Crippen LogP contribution is -2.41. The third-order valence-corrected chi connectivity index (χ3v) is 3.58. The van der Waals surface area contributed by atoms with Crippen molar-refractivity contribution in [2.24, 2.45) is 5.92 Å². The van der Waals surface area contributed by atoms with E-state index in [9.17, 15) is 5.11 Å². The smallest absolute Gasteiger partial charge is 0.0958 e. The van der Waals surface area contributed by atoms with Crippen molar-refractivity contribution < 1.29 is 5.11 Å². The van der Waals surface area contributed by atoms with Crippen LogP contribution in [0, 0.1) is 5.92 Å². The highest BCUT2D eigenvalue weighted by Gasteiger charge is 2.26. The van der Waals surface area contributed by atoms with Crippen molar-refractivity contribution in [2.45, 2.75) is 31.9 Å². The Labute approximate surface area is 104 Å². The van der Waals surface area contributed by atoms with Gasteiger partial charge in [-0.15, -0.1) is 0 Å². The van der Waals surface area contributed by atoms with Gasteiger partial charge in [-0.25, -0.2) is 0 Å². The maximum atomic E-state index is 10.3. The molecule has 1 aliphatic heterocycles. The molecule has 0 spiro atoms. The largest absolute Gasteiger partial charge is 0.387 e. The molecule has 1 aliphatic rings. The van der Waals surface area contributed by atoms with Crippen LogP contribution in [0.4, 0.5) is 0 Å². The number of hydrogen-bond donors (Lipinski definition) is 2. The van der Waals surface area contributed by atoms with Crippen molar-refractivity contribution in [3.63, 3.8) is 0 Å². The molecule has 3 nitrogen and oxygen atoms in total. The fraction of sp³-hybridized carbons (Fsp3) is 0.583. The van der Waals surface area contributed by atoms with Crippen molar-refractivity contribution in [2.75, 3.05) is 6.54 Å². The van der Waals surface area contributed by atoms with E-state index in [1.165, 1.54) is 6.42 Å².